The highest BCUT2D eigenvalue weighted by Gasteiger charge is 2.30. The molecule has 0 saturated heterocycles. The van der Waals surface area contributed by atoms with Gasteiger partial charge in [0.1, 0.15) is 18.1 Å². The highest BCUT2D eigenvalue weighted by Crippen LogP contribution is 2.08. The number of nitrogens with one attached hydrogen (secondary N) is 3. The van der Waals surface area contributed by atoms with E-state index in [4.69, 9.17) is 16.6 Å². The van der Waals surface area contributed by atoms with E-state index in [9.17, 15) is 19.2 Å². The third-order valence-electron chi connectivity index (χ3n) is 4.75. The summed E-state index contributed by atoms with van der Waals surface area (Å²) in [6, 6.07) is -3.96. The van der Waals surface area contributed by atoms with Gasteiger partial charge in [-0.2, -0.15) is 25.3 Å². The molecule has 0 spiro atoms. The lowest BCUT2D eigenvalue weighted by molar-refractivity contribution is -0.141. The minimum atomic E-state index is -1.24. The van der Waals surface area contributed by atoms with Gasteiger partial charge in [0.15, 0.2) is 0 Å². The number of amides is 3. The first-order valence-electron chi connectivity index (χ1n) is 9.94. The molecule has 5 atom stereocenters. The Morgan fingerprint density at radius 1 is 0.900 bits per heavy atom. The molecule has 0 rings (SSSR count). The number of carbonyl (C=O) groups excluding carboxylic acids is 3. The molecule has 0 aliphatic rings. The summed E-state index contributed by atoms with van der Waals surface area (Å²) in [7, 11) is 0. The molecule has 0 aliphatic carbocycles. The minimum Gasteiger partial charge on any atom is -0.480 e. The summed E-state index contributed by atoms with van der Waals surface area (Å²) in [5.41, 5.74) is 11.4. The molecule has 0 aromatic rings. The number of unbranched alkanes of at least 4 members (excludes halogenated alkanes) is 1. The third-order valence-corrected chi connectivity index (χ3v) is 5.48. The van der Waals surface area contributed by atoms with Crippen LogP contribution in [0.15, 0.2) is 0 Å². The predicted molar refractivity (Wildman–Crippen MR) is 121 cm³/mol. The molecule has 10 nitrogen and oxygen atoms in total. The van der Waals surface area contributed by atoms with Crippen LogP contribution in [0.3, 0.4) is 0 Å². The monoisotopic (exact) mass is 465 g/mol. The molecule has 8 N–H and O–H groups in total. The van der Waals surface area contributed by atoms with Gasteiger partial charge in [-0.3, -0.25) is 14.4 Å². The molecule has 0 radical (unpaired) electrons. The molecular formula is C18H35N5O5S2. The predicted octanol–water partition coefficient (Wildman–Crippen LogP) is -1.11. The van der Waals surface area contributed by atoms with Crippen LogP contribution in [-0.2, 0) is 19.2 Å². The van der Waals surface area contributed by atoms with Crippen LogP contribution >= 0.6 is 25.3 Å². The van der Waals surface area contributed by atoms with Crippen molar-refractivity contribution in [2.75, 3.05) is 18.1 Å². The summed E-state index contributed by atoms with van der Waals surface area (Å²) in [5, 5.41) is 16.5. The molecule has 3 amide bonds. The van der Waals surface area contributed by atoms with Gasteiger partial charge in [-0.1, -0.05) is 20.3 Å². The molecule has 0 fully saturated rings. The van der Waals surface area contributed by atoms with Gasteiger partial charge in [-0.15, -0.1) is 0 Å². The van der Waals surface area contributed by atoms with Crippen LogP contribution in [0.1, 0.15) is 39.5 Å². The number of rotatable bonds is 15. The molecule has 0 aliphatic heterocycles. The van der Waals surface area contributed by atoms with E-state index in [2.05, 4.69) is 41.2 Å². The van der Waals surface area contributed by atoms with Gasteiger partial charge in [0, 0.05) is 11.5 Å². The second-order valence-corrected chi connectivity index (χ2v) is 7.81. The Kier molecular flexibility index (Phi) is 14.6. The number of carbonyl (C=O) groups is 4. The summed E-state index contributed by atoms with van der Waals surface area (Å²) < 4.78 is 0. The van der Waals surface area contributed by atoms with Crippen LogP contribution in [0.4, 0.5) is 0 Å². The lowest BCUT2D eigenvalue weighted by Crippen LogP contribution is -2.58. The Balaban J connectivity index is 5.20. The molecule has 5 unspecified atom stereocenters. The summed E-state index contributed by atoms with van der Waals surface area (Å²) in [4.78, 5) is 48.6. The van der Waals surface area contributed by atoms with Gasteiger partial charge < -0.3 is 32.5 Å². The van der Waals surface area contributed by atoms with E-state index in [-0.39, 0.29) is 17.4 Å². The van der Waals surface area contributed by atoms with Gasteiger partial charge in [0.25, 0.3) is 0 Å². The Hall–Kier alpha value is -1.50. The van der Waals surface area contributed by atoms with E-state index < -0.39 is 47.9 Å². The van der Waals surface area contributed by atoms with Crippen LogP contribution in [0.5, 0.6) is 0 Å². The van der Waals surface area contributed by atoms with E-state index in [1.54, 1.807) is 0 Å². The van der Waals surface area contributed by atoms with Gasteiger partial charge in [-0.25, -0.2) is 4.79 Å². The average molecular weight is 466 g/mol. The van der Waals surface area contributed by atoms with Crippen molar-refractivity contribution in [3.8, 4) is 0 Å². The number of aliphatic carboxylic acids is 1. The van der Waals surface area contributed by atoms with Crippen molar-refractivity contribution in [1.29, 1.82) is 0 Å². The highest BCUT2D eigenvalue weighted by atomic mass is 32.1. The summed E-state index contributed by atoms with van der Waals surface area (Å²) >= 11 is 7.95. The van der Waals surface area contributed by atoms with E-state index in [1.807, 2.05) is 13.8 Å². The summed E-state index contributed by atoms with van der Waals surface area (Å²) in [5.74, 6) is -3.22. The number of carboxylic acid groups (broad SMARTS) is 1. The number of thiol groups is 2. The number of hydrogen-bond donors (Lipinski definition) is 8. The van der Waals surface area contributed by atoms with Crippen molar-refractivity contribution in [1.82, 2.24) is 16.0 Å². The zero-order valence-electron chi connectivity index (χ0n) is 17.5. The molecule has 0 heterocycles. The zero-order valence-corrected chi connectivity index (χ0v) is 19.3. The van der Waals surface area contributed by atoms with Gasteiger partial charge in [0.05, 0.1) is 6.04 Å². The van der Waals surface area contributed by atoms with Gasteiger partial charge >= 0.3 is 5.97 Å². The standard InChI is InChI=1S/C18H35N5O5S2/c1-3-10(2)14(20)17(26)21-11(6-4-5-7-19)15(24)22-12(8-29)16(25)23-13(9-30)18(27)28/h10-14,29-30H,3-9,19-20H2,1-2H3,(H,21,26)(H,22,24)(H,23,25)(H,27,28). The Labute approximate surface area is 188 Å². The van der Waals surface area contributed by atoms with Crippen LogP contribution in [0.2, 0.25) is 0 Å². The summed E-state index contributed by atoms with van der Waals surface area (Å²) in [6.07, 6.45) is 2.27. The fourth-order valence-electron chi connectivity index (χ4n) is 2.47. The largest absolute Gasteiger partial charge is 0.480 e. The van der Waals surface area contributed by atoms with Crippen molar-refractivity contribution in [2.24, 2.45) is 17.4 Å². The van der Waals surface area contributed by atoms with Crippen LogP contribution in [0, 0.1) is 5.92 Å². The first-order chi connectivity index (χ1) is 14.1. The third kappa shape index (κ3) is 10.0. The van der Waals surface area contributed by atoms with Crippen molar-refractivity contribution < 1.29 is 24.3 Å². The maximum absolute atomic E-state index is 12.8. The molecule has 0 saturated carbocycles. The van der Waals surface area contributed by atoms with E-state index >= 15 is 0 Å². The Morgan fingerprint density at radius 2 is 1.40 bits per heavy atom. The molecule has 174 valence electrons. The van der Waals surface area contributed by atoms with Crippen molar-refractivity contribution in [2.45, 2.75) is 63.7 Å². The van der Waals surface area contributed by atoms with E-state index in [1.165, 1.54) is 0 Å². The minimum absolute atomic E-state index is 0.0632. The maximum Gasteiger partial charge on any atom is 0.327 e. The molecular weight excluding hydrogens is 430 g/mol. The SMILES string of the molecule is CCC(C)C(N)C(=O)NC(CCCCN)C(=O)NC(CS)C(=O)NC(CS)C(=O)O. The highest BCUT2D eigenvalue weighted by molar-refractivity contribution is 7.80. The van der Waals surface area contributed by atoms with E-state index in [0.29, 0.717) is 32.2 Å². The van der Waals surface area contributed by atoms with E-state index in [0.717, 1.165) is 0 Å². The van der Waals surface area contributed by atoms with Crippen LogP contribution < -0.4 is 27.4 Å². The fraction of sp³-hybridized carbons (Fsp3) is 0.778. The Bertz CT molecular complexity index is 581. The second-order valence-electron chi connectivity index (χ2n) is 7.08. The second kappa shape index (κ2) is 15.3. The molecule has 30 heavy (non-hydrogen) atoms. The lowest BCUT2D eigenvalue weighted by atomic mass is 9.98. The lowest BCUT2D eigenvalue weighted by Gasteiger charge is -2.25. The topological polar surface area (TPSA) is 177 Å². The molecule has 0 bridgehead atoms. The van der Waals surface area contributed by atoms with Crippen LogP contribution in [0.25, 0.3) is 0 Å². The molecule has 12 heteroatoms. The number of carboxylic acids is 1. The van der Waals surface area contributed by atoms with Crippen molar-refractivity contribution >= 4 is 48.9 Å². The first kappa shape index (κ1) is 28.5. The van der Waals surface area contributed by atoms with Gasteiger partial charge in [0.2, 0.25) is 17.7 Å². The van der Waals surface area contributed by atoms with Crippen molar-refractivity contribution in [3.05, 3.63) is 0 Å². The quantitative estimate of drug-likeness (QED) is 0.112. The number of nitrogens with two attached hydrogens (primary N) is 2. The summed E-state index contributed by atoms with van der Waals surface area (Å²) in [6.45, 7) is 4.19. The Morgan fingerprint density at radius 3 is 1.87 bits per heavy atom. The van der Waals surface area contributed by atoms with Crippen molar-refractivity contribution in [3.63, 3.8) is 0 Å². The molecule has 0 aromatic carbocycles. The van der Waals surface area contributed by atoms with Crippen LogP contribution in [-0.4, -0.2) is 71.0 Å². The maximum atomic E-state index is 12.8. The average Bonchev–Trinajstić information content (AvgIpc) is 2.73. The first-order valence-corrected chi connectivity index (χ1v) is 11.2. The number of hydrogen-bond acceptors (Lipinski definition) is 8. The zero-order chi connectivity index (χ0) is 23.3. The van der Waals surface area contributed by atoms with Gasteiger partial charge in [-0.05, 0) is 31.7 Å². The molecule has 0 aromatic heterocycles. The fourth-order valence-corrected chi connectivity index (χ4v) is 2.97. The normalized spacial score (nSPS) is 15.9. The smallest absolute Gasteiger partial charge is 0.327 e.